The molecule has 0 atom stereocenters. The van der Waals surface area contributed by atoms with E-state index >= 15 is 0 Å². The minimum Gasteiger partial charge on any atom is -0.493 e. The van der Waals surface area contributed by atoms with E-state index in [0.717, 1.165) is 16.5 Å². The lowest BCUT2D eigenvalue weighted by molar-refractivity contribution is -0.303. The molecule has 0 saturated heterocycles. The van der Waals surface area contributed by atoms with Crippen molar-refractivity contribution in [3.05, 3.63) is 71.8 Å². The van der Waals surface area contributed by atoms with Crippen LogP contribution in [0.5, 0.6) is 0 Å². The summed E-state index contributed by atoms with van der Waals surface area (Å²) in [5.41, 5.74) is 2.57. The third-order valence-electron chi connectivity index (χ3n) is 4.12. The number of pyridine rings is 1. The summed E-state index contributed by atoms with van der Waals surface area (Å²) in [6.07, 6.45) is 2.77. The Morgan fingerprint density at radius 2 is 1.93 bits per heavy atom. The van der Waals surface area contributed by atoms with Gasteiger partial charge in [0.15, 0.2) is 0 Å². The maximum atomic E-state index is 12.3. The summed E-state index contributed by atoms with van der Waals surface area (Å²) < 4.78 is 46.1. The second-order valence-corrected chi connectivity index (χ2v) is 6.34. The SMILES string of the molecule is Cc1ccnc2ccc(NC(=O)CCOC3=CCC=C(OC(F)(F)F)C=C3)cc12. The molecule has 1 amide bonds. The maximum absolute atomic E-state index is 12.3. The molecule has 0 saturated carbocycles. The molecule has 5 nitrogen and oxygen atoms in total. The van der Waals surface area contributed by atoms with Crippen molar-refractivity contribution in [3.8, 4) is 0 Å². The molecule has 2 aromatic rings. The molecule has 152 valence electrons. The number of allylic oxidation sites excluding steroid dienone is 4. The normalized spacial score (nSPS) is 14.1. The van der Waals surface area contributed by atoms with Gasteiger partial charge in [0.2, 0.25) is 5.91 Å². The first-order chi connectivity index (χ1) is 13.8. The summed E-state index contributed by atoms with van der Waals surface area (Å²) in [6, 6.07) is 7.37. The Balaban J connectivity index is 1.49. The predicted molar refractivity (Wildman–Crippen MR) is 103 cm³/mol. The van der Waals surface area contributed by atoms with E-state index in [0.29, 0.717) is 11.4 Å². The van der Waals surface area contributed by atoms with E-state index in [4.69, 9.17) is 4.74 Å². The Morgan fingerprint density at radius 3 is 2.72 bits per heavy atom. The molecule has 29 heavy (non-hydrogen) atoms. The van der Waals surface area contributed by atoms with Crippen molar-refractivity contribution in [2.24, 2.45) is 0 Å². The lowest BCUT2D eigenvalue weighted by atomic mass is 10.1. The van der Waals surface area contributed by atoms with Crippen LogP contribution >= 0.6 is 0 Å². The van der Waals surface area contributed by atoms with Gasteiger partial charge in [-0.05, 0) is 67.5 Å². The summed E-state index contributed by atoms with van der Waals surface area (Å²) >= 11 is 0. The molecule has 1 heterocycles. The van der Waals surface area contributed by atoms with E-state index < -0.39 is 6.36 Å². The fourth-order valence-corrected chi connectivity index (χ4v) is 2.75. The van der Waals surface area contributed by atoms with E-state index in [1.54, 1.807) is 18.3 Å². The Labute approximate surface area is 165 Å². The molecule has 0 fully saturated rings. The number of hydrogen-bond donors (Lipinski definition) is 1. The molecule has 0 unspecified atom stereocenters. The van der Waals surface area contributed by atoms with Gasteiger partial charge in [-0.1, -0.05) is 0 Å². The van der Waals surface area contributed by atoms with Crippen LogP contribution in [0.3, 0.4) is 0 Å². The first kappa shape index (κ1) is 20.4. The first-order valence-corrected chi connectivity index (χ1v) is 8.92. The number of hydrogen-bond acceptors (Lipinski definition) is 4. The molecule has 1 aliphatic carbocycles. The lowest BCUT2D eigenvalue weighted by Gasteiger charge is -2.09. The third-order valence-corrected chi connectivity index (χ3v) is 4.12. The molecule has 1 aliphatic rings. The molecular weight excluding hydrogens is 385 g/mol. The van der Waals surface area contributed by atoms with Gasteiger partial charge < -0.3 is 14.8 Å². The van der Waals surface area contributed by atoms with Gasteiger partial charge in [-0.15, -0.1) is 13.2 Å². The number of carbonyl (C=O) groups is 1. The topological polar surface area (TPSA) is 60.5 Å². The number of aryl methyl sites for hydroxylation is 1. The highest BCUT2D eigenvalue weighted by Crippen LogP contribution is 2.24. The average molecular weight is 404 g/mol. The van der Waals surface area contributed by atoms with Gasteiger partial charge in [-0.2, -0.15) is 0 Å². The van der Waals surface area contributed by atoms with Crippen LogP contribution in [0.25, 0.3) is 10.9 Å². The number of fused-ring (bicyclic) bond motifs is 1. The standard InChI is InChI=1S/C21H19F3N2O3/c1-14-9-11-25-19-8-5-15(13-18(14)19)26-20(27)10-12-28-16-3-2-4-17(7-6-16)29-21(22,23)24/h3-9,11,13H,2,10,12H2,1H3,(H,26,27). The van der Waals surface area contributed by atoms with Crippen molar-refractivity contribution in [2.45, 2.75) is 26.1 Å². The fourth-order valence-electron chi connectivity index (χ4n) is 2.75. The Hall–Kier alpha value is -3.29. The van der Waals surface area contributed by atoms with Gasteiger partial charge in [0.25, 0.3) is 0 Å². The zero-order valence-electron chi connectivity index (χ0n) is 15.6. The second-order valence-electron chi connectivity index (χ2n) is 6.34. The summed E-state index contributed by atoms with van der Waals surface area (Å²) in [7, 11) is 0. The number of halogens is 3. The van der Waals surface area contributed by atoms with Gasteiger partial charge in [-0.3, -0.25) is 9.78 Å². The second kappa shape index (κ2) is 8.81. The number of benzene rings is 1. The maximum Gasteiger partial charge on any atom is 0.573 e. The van der Waals surface area contributed by atoms with Crippen LogP contribution in [0.1, 0.15) is 18.4 Å². The van der Waals surface area contributed by atoms with Gasteiger partial charge in [0, 0.05) is 17.3 Å². The van der Waals surface area contributed by atoms with E-state index in [1.165, 1.54) is 18.2 Å². The van der Waals surface area contributed by atoms with E-state index in [-0.39, 0.29) is 31.1 Å². The minimum absolute atomic E-state index is 0.0889. The van der Waals surface area contributed by atoms with Crippen molar-refractivity contribution in [3.63, 3.8) is 0 Å². The van der Waals surface area contributed by atoms with Crippen LogP contribution in [0.15, 0.2) is 66.3 Å². The van der Waals surface area contributed by atoms with Crippen LogP contribution in [-0.4, -0.2) is 23.9 Å². The van der Waals surface area contributed by atoms with Crippen LogP contribution in [0.4, 0.5) is 18.9 Å². The van der Waals surface area contributed by atoms with Crippen LogP contribution in [-0.2, 0) is 14.3 Å². The summed E-state index contributed by atoms with van der Waals surface area (Å²) in [6.45, 7) is 2.06. The van der Waals surface area contributed by atoms with Gasteiger partial charge in [-0.25, -0.2) is 0 Å². The molecule has 8 heteroatoms. The molecule has 0 spiro atoms. The monoisotopic (exact) mass is 404 g/mol. The first-order valence-electron chi connectivity index (χ1n) is 8.92. The number of nitrogens with zero attached hydrogens (tertiary/aromatic N) is 1. The fraction of sp³-hybridized carbons (Fsp3) is 0.238. The molecule has 0 radical (unpaired) electrons. The molecule has 1 N–H and O–H groups in total. The molecular formula is C21H19F3N2O3. The van der Waals surface area contributed by atoms with Gasteiger partial charge in [0.05, 0.1) is 18.5 Å². The van der Waals surface area contributed by atoms with Crippen molar-refractivity contribution < 1.29 is 27.4 Å². The summed E-state index contributed by atoms with van der Waals surface area (Å²) in [4.78, 5) is 16.4. The van der Waals surface area contributed by atoms with Gasteiger partial charge in [0.1, 0.15) is 11.5 Å². The average Bonchev–Trinajstić information content (AvgIpc) is 2.86. The van der Waals surface area contributed by atoms with Crippen LogP contribution in [0, 0.1) is 6.92 Å². The Bertz CT molecular complexity index is 994. The zero-order valence-corrected chi connectivity index (χ0v) is 15.6. The largest absolute Gasteiger partial charge is 0.573 e. The lowest BCUT2D eigenvalue weighted by Crippen LogP contribution is -2.14. The van der Waals surface area contributed by atoms with Crippen LogP contribution in [0.2, 0.25) is 0 Å². The minimum atomic E-state index is -4.74. The van der Waals surface area contributed by atoms with Crippen LogP contribution < -0.4 is 5.32 Å². The highest BCUT2D eigenvalue weighted by molar-refractivity contribution is 5.94. The number of anilines is 1. The summed E-state index contributed by atoms with van der Waals surface area (Å²) in [5.74, 6) is -0.156. The Kier molecular flexibility index (Phi) is 6.21. The molecule has 0 bridgehead atoms. The number of carbonyl (C=O) groups excluding carboxylic acids is 1. The highest BCUT2D eigenvalue weighted by atomic mass is 19.4. The smallest absolute Gasteiger partial charge is 0.493 e. The quantitative estimate of drug-likeness (QED) is 0.723. The molecule has 3 rings (SSSR count). The summed E-state index contributed by atoms with van der Waals surface area (Å²) in [5, 5.41) is 3.76. The number of amides is 1. The molecule has 1 aromatic heterocycles. The van der Waals surface area contributed by atoms with E-state index in [2.05, 4.69) is 15.0 Å². The van der Waals surface area contributed by atoms with Gasteiger partial charge >= 0.3 is 6.36 Å². The number of rotatable bonds is 6. The Morgan fingerprint density at radius 1 is 1.17 bits per heavy atom. The zero-order chi connectivity index (χ0) is 20.9. The number of ether oxygens (including phenoxy) is 2. The van der Waals surface area contributed by atoms with Crippen molar-refractivity contribution in [1.29, 1.82) is 0 Å². The van der Waals surface area contributed by atoms with Crippen molar-refractivity contribution >= 4 is 22.5 Å². The predicted octanol–water partition coefficient (Wildman–Crippen LogP) is 5.15. The number of alkyl halides is 3. The number of nitrogens with one attached hydrogen (secondary N) is 1. The van der Waals surface area contributed by atoms with Crippen molar-refractivity contribution in [1.82, 2.24) is 4.98 Å². The molecule has 0 aliphatic heterocycles. The van der Waals surface area contributed by atoms with Crippen molar-refractivity contribution in [2.75, 3.05) is 11.9 Å². The molecule has 1 aromatic carbocycles. The van der Waals surface area contributed by atoms with E-state index in [9.17, 15) is 18.0 Å². The van der Waals surface area contributed by atoms with E-state index in [1.807, 2.05) is 25.1 Å². The number of aromatic nitrogens is 1. The third kappa shape index (κ3) is 6.10. The highest BCUT2D eigenvalue weighted by Gasteiger charge is 2.31.